The molecule has 1 unspecified atom stereocenters. The number of hydrogen-bond donors (Lipinski definition) is 1. The summed E-state index contributed by atoms with van der Waals surface area (Å²) >= 11 is 0. The van der Waals surface area contributed by atoms with E-state index in [1.54, 1.807) is 7.11 Å². The molecule has 92 valence electrons. The maximum absolute atomic E-state index is 12.3. The highest BCUT2D eigenvalue weighted by atomic mass is 16.5. The molecule has 1 aliphatic rings. The van der Waals surface area contributed by atoms with Crippen LogP contribution in [0.15, 0.2) is 18.2 Å². The summed E-state index contributed by atoms with van der Waals surface area (Å²) in [5.74, 6) is 0.590. The van der Waals surface area contributed by atoms with Crippen LogP contribution < -0.4 is 10.1 Å². The summed E-state index contributed by atoms with van der Waals surface area (Å²) in [5.41, 5.74) is 1.64. The highest BCUT2D eigenvalue weighted by Crippen LogP contribution is 2.22. The first kappa shape index (κ1) is 12.1. The van der Waals surface area contributed by atoms with Crippen molar-refractivity contribution in [1.82, 2.24) is 5.32 Å². The van der Waals surface area contributed by atoms with Crippen LogP contribution in [0.2, 0.25) is 0 Å². The zero-order valence-corrected chi connectivity index (χ0v) is 10.2. The van der Waals surface area contributed by atoms with Crippen LogP contribution in [0.25, 0.3) is 0 Å². The van der Waals surface area contributed by atoms with Gasteiger partial charge in [-0.05, 0) is 19.1 Å². The first-order valence-corrected chi connectivity index (χ1v) is 5.73. The molecule has 0 saturated carbocycles. The minimum absolute atomic E-state index is 0.0160. The predicted molar refractivity (Wildman–Crippen MR) is 64.7 cm³/mol. The molecule has 1 atom stereocenters. The Labute approximate surface area is 101 Å². The molecule has 0 bridgehead atoms. The van der Waals surface area contributed by atoms with Gasteiger partial charge < -0.3 is 14.8 Å². The van der Waals surface area contributed by atoms with Crippen LogP contribution in [0.1, 0.15) is 15.9 Å². The fourth-order valence-electron chi connectivity index (χ4n) is 1.92. The number of hydrogen-bond acceptors (Lipinski definition) is 4. The quantitative estimate of drug-likeness (QED) is 0.799. The maximum Gasteiger partial charge on any atom is 0.196 e. The topological polar surface area (TPSA) is 47.6 Å². The number of nitrogens with one attached hydrogen (secondary N) is 1. The molecular formula is C13H17NO3. The number of ketones is 1. The Morgan fingerprint density at radius 2 is 2.35 bits per heavy atom. The van der Waals surface area contributed by atoms with E-state index in [4.69, 9.17) is 9.47 Å². The number of carbonyl (C=O) groups excluding carboxylic acids is 1. The smallest absolute Gasteiger partial charge is 0.196 e. The van der Waals surface area contributed by atoms with E-state index in [9.17, 15) is 4.79 Å². The third-order valence-corrected chi connectivity index (χ3v) is 2.84. The molecular weight excluding hydrogens is 218 g/mol. The number of morpholine rings is 1. The van der Waals surface area contributed by atoms with Crippen molar-refractivity contribution in [2.75, 3.05) is 26.8 Å². The predicted octanol–water partition coefficient (Wildman–Crippen LogP) is 1.17. The van der Waals surface area contributed by atoms with Gasteiger partial charge in [-0.3, -0.25) is 4.79 Å². The van der Waals surface area contributed by atoms with Crippen molar-refractivity contribution in [1.29, 1.82) is 0 Å². The Balaban J connectivity index is 2.25. The molecule has 1 aromatic carbocycles. The molecule has 1 saturated heterocycles. The molecule has 0 spiro atoms. The number of rotatable bonds is 3. The van der Waals surface area contributed by atoms with Crippen molar-refractivity contribution in [3.05, 3.63) is 29.3 Å². The largest absolute Gasteiger partial charge is 0.496 e. The van der Waals surface area contributed by atoms with Gasteiger partial charge in [-0.25, -0.2) is 0 Å². The minimum Gasteiger partial charge on any atom is -0.496 e. The normalized spacial score (nSPS) is 20.0. The maximum atomic E-state index is 12.3. The standard InChI is InChI=1S/C13H17NO3/c1-9-3-4-11(16-2)10(7-9)13(15)12-8-14-5-6-17-12/h3-4,7,12,14H,5-6,8H2,1-2H3. The van der Waals surface area contributed by atoms with E-state index in [1.165, 1.54) is 0 Å². The van der Waals surface area contributed by atoms with Gasteiger partial charge >= 0.3 is 0 Å². The summed E-state index contributed by atoms with van der Waals surface area (Å²) in [6, 6.07) is 5.59. The zero-order chi connectivity index (χ0) is 12.3. The molecule has 0 aliphatic carbocycles. The van der Waals surface area contributed by atoms with Crippen LogP contribution in [0.5, 0.6) is 5.75 Å². The van der Waals surface area contributed by atoms with E-state index in [0.29, 0.717) is 24.5 Å². The average molecular weight is 235 g/mol. The minimum atomic E-state index is -0.403. The lowest BCUT2D eigenvalue weighted by Crippen LogP contribution is -2.43. The number of Topliss-reactive ketones (excluding diaryl/α,β-unsaturated/α-hetero) is 1. The van der Waals surface area contributed by atoms with Crippen molar-refractivity contribution in [3.8, 4) is 5.75 Å². The average Bonchev–Trinajstić information content (AvgIpc) is 2.39. The Kier molecular flexibility index (Phi) is 3.76. The van der Waals surface area contributed by atoms with Crippen molar-refractivity contribution in [2.24, 2.45) is 0 Å². The van der Waals surface area contributed by atoms with Gasteiger partial charge in [0.2, 0.25) is 0 Å². The second kappa shape index (κ2) is 5.29. The van der Waals surface area contributed by atoms with Gasteiger partial charge in [0.25, 0.3) is 0 Å². The second-order valence-corrected chi connectivity index (χ2v) is 4.13. The summed E-state index contributed by atoms with van der Waals surface area (Å²) in [4.78, 5) is 12.3. The van der Waals surface area contributed by atoms with Crippen LogP contribution in [-0.4, -0.2) is 38.7 Å². The van der Waals surface area contributed by atoms with Gasteiger partial charge in [-0.15, -0.1) is 0 Å². The fourth-order valence-corrected chi connectivity index (χ4v) is 1.92. The van der Waals surface area contributed by atoms with Gasteiger partial charge in [-0.2, -0.15) is 0 Å². The van der Waals surface area contributed by atoms with Gasteiger partial charge in [0.05, 0.1) is 19.3 Å². The number of carbonyl (C=O) groups is 1. The van der Waals surface area contributed by atoms with Gasteiger partial charge in [0, 0.05) is 13.1 Å². The van der Waals surface area contributed by atoms with E-state index < -0.39 is 6.10 Å². The van der Waals surface area contributed by atoms with Crippen molar-refractivity contribution < 1.29 is 14.3 Å². The van der Waals surface area contributed by atoms with Crippen molar-refractivity contribution in [3.63, 3.8) is 0 Å². The van der Waals surface area contributed by atoms with Crippen LogP contribution in [0.4, 0.5) is 0 Å². The molecule has 2 rings (SSSR count). The van der Waals surface area contributed by atoms with Gasteiger partial charge in [0.15, 0.2) is 5.78 Å². The molecule has 4 nitrogen and oxygen atoms in total. The lowest BCUT2D eigenvalue weighted by atomic mass is 10.0. The monoisotopic (exact) mass is 235 g/mol. The zero-order valence-electron chi connectivity index (χ0n) is 10.2. The van der Waals surface area contributed by atoms with E-state index in [0.717, 1.165) is 12.1 Å². The Bertz CT molecular complexity index is 411. The Hall–Kier alpha value is -1.39. The summed E-state index contributed by atoms with van der Waals surface area (Å²) in [6.07, 6.45) is -0.403. The number of ether oxygens (including phenoxy) is 2. The summed E-state index contributed by atoms with van der Waals surface area (Å²) in [7, 11) is 1.57. The fraction of sp³-hybridized carbons (Fsp3) is 0.462. The van der Waals surface area contributed by atoms with Gasteiger partial charge in [-0.1, -0.05) is 11.6 Å². The second-order valence-electron chi connectivity index (χ2n) is 4.13. The van der Waals surface area contributed by atoms with Crippen LogP contribution in [-0.2, 0) is 4.74 Å². The number of methoxy groups -OCH3 is 1. The first-order valence-electron chi connectivity index (χ1n) is 5.73. The van der Waals surface area contributed by atoms with Crippen molar-refractivity contribution >= 4 is 5.78 Å². The lowest BCUT2D eigenvalue weighted by molar-refractivity contribution is 0.0267. The summed E-state index contributed by atoms with van der Waals surface area (Å²) in [5, 5.41) is 3.15. The number of aryl methyl sites for hydroxylation is 1. The highest BCUT2D eigenvalue weighted by molar-refractivity contribution is 6.02. The van der Waals surface area contributed by atoms with E-state index in [2.05, 4.69) is 5.32 Å². The molecule has 1 aliphatic heterocycles. The molecule has 1 N–H and O–H groups in total. The Morgan fingerprint density at radius 1 is 1.53 bits per heavy atom. The first-order chi connectivity index (χ1) is 8.22. The summed E-state index contributed by atoms with van der Waals surface area (Å²) in [6.45, 7) is 3.89. The third-order valence-electron chi connectivity index (χ3n) is 2.84. The number of benzene rings is 1. The van der Waals surface area contributed by atoms with Crippen molar-refractivity contribution in [2.45, 2.75) is 13.0 Å². The molecule has 1 heterocycles. The molecule has 1 aromatic rings. The molecule has 17 heavy (non-hydrogen) atoms. The van der Waals surface area contributed by atoms with E-state index in [-0.39, 0.29) is 5.78 Å². The Morgan fingerprint density at radius 3 is 3.00 bits per heavy atom. The van der Waals surface area contributed by atoms with Crippen LogP contribution >= 0.6 is 0 Å². The molecule has 0 aromatic heterocycles. The SMILES string of the molecule is COc1ccc(C)cc1C(=O)C1CNCCO1. The molecule has 1 fully saturated rings. The molecule has 4 heteroatoms. The van der Waals surface area contributed by atoms with Crippen LogP contribution in [0.3, 0.4) is 0 Å². The third kappa shape index (κ3) is 2.65. The van der Waals surface area contributed by atoms with E-state index >= 15 is 0 Å². The summed E-state index contributed by atoms with van der Waals surface area (Å²) < 4.78 is 10.7. The molecule has 0 radical (unpaired) electrons. The van der Waals surface area contributed by atoms with E-state index in [1.807, 2.05) is 25.1 Å². The van der Waals surface area contributed by atoms with Gasteiger partial charge in [0.1, 0.15) is 11.9 Å². The molecule has 0 amide bonds. The lowest BCUT2D eigenvalue weighted by Gasteiger charge is -2.23. The van der Waals surface area contributed by atoms with Crippen LogP contribution in [0, 0.1) is 6.92 Å². The highest BCUT2D eigenvalue weighted by Gasteiger charge is 2.25.